The first-order chi connectivity index (χ1) is 15.6. The Morgan fingerprint density at radius 2 is 2.09 bits per heavy atom. The molecule has 2 heterocycles. The van der Waals surface area contributed by atoms with E-state index in [1.54, 1.807) is 12.4 Å². The van der Waals surface area contributed by atoms with Crippen molar-refractivity contribution < 1.29 is 31.8 Å². The number of carboxylic acid groups (broad SMARTS) is 1. The molecular weight excluding hydrogens is 482 g/mol. The molecule has 2 aliphatic carbocycles. The number of aromatic nitrogens is 2. The number of amides is 1. The van der Waals surface area contributed by atoms with Crippen molar-refractivity contribution in [1.29, 1.82) is 0 Å². The summed E-state index contributed by atoms with van der Waals surface area (Å²) in [5.41, 5.74) is -0.0923. The second-order valence-corrected chi connectivity index (χ2v) is 11.5. The van der Waals surface area contributed by atoms with E-state index in [1.807, 2.05) is 0 Å². The quantitative estimate of drug-likeness (QED) is 0.553. The van der Waals surface area contributed by atoms with Gasteiger partial charge in [-0.3, -0.25) is 4.90 Å². The van der Waals surface area contributed by atoms with Gasteiger partial charge in [0.05, 0.1) is 35.6 Å². The van der Waals surface area contributed by atoms with E-state index in [1.165, 1.54) is 6.92 Å². The summed E-state index contributed by atoms with van der Waals surface area (Å²) in [6, 6.07) is -3.60. The number of alkyl halides is 2. The normalized spacial score (nSPS) is 33.8. The predicted octanol–water partition coefficient (Wildman–Crippen LogP) is 2.65. The van der Waals surface area contributed by atoms with E-state index in [0.29, 0.717) is 22.3 Å². The fourth-order valence-electron chi connectivity index (χ4n) is 5.31. The van der Waals surface area contributed by atoms with Crippen LogP contribution in [0.25, 0.3) is 0 Å². The molecule has 4 rings (SSSR count). The lowest BCUT2D eigenvalue weighted by Crippen LogP contribution is -2.51. The summed E-state index contributed by atoms with van der Waals surface area (Å²) >= 11 is 5.88. The zero-order valence-corrected chi connectivity index (χ0v) is 19.6. The molecule has 1 aromatic rings. The van der Waals surface area contributed by atoms with E-state index >= 15 is 0 Å². The van der Waals surface area contributed by atoms with Gasteiger partial charge in [0.1, 0.15) is 5.82 Å². The Bertz CT molecular complexity index is 985. The molecule has 6 atom stereocenters. The van der Waals surface area contributed by atoms with Crippen LogP contribution in [-0.4, -0.2) is 77.5 Å². The van der Waals surface area contributed by atoms with Crippen molar-refractivity contribution in [3.63, 3.8) is 0 Å². The highest BCUT2D eigenvalue weighted by atomic mass is 35.5. The number of sulfonamides is 1. The molecule has 33 heavy (non-hydrogen) atoms. The van der Waals surface area contributed by atoms with Gasteiger partial charge in [-0.25, -0.2) is 36.7 Å². The van der Waals surface area contributed by atoms with Crippen molar-refractivity contribution in [3.8, 4) is 0 Å². The Morgan fingerprint density at radius 1 is 1.39 bits per heavy atom. The third kappa shape index (κ3) is 4.94. The summed E-state index contributed by atoms with van der Waals surface area (Å²) < 4.78 is 59.6. The first-order valence-electron chi connectivity index (χ1n) is 11.0. The molecule has 0 spiro atoms. The third-order valence-electron chi connectivity index (χ3n) is 7.16. The smallest absolute Gasteiger partial charge is 0.408 e. The molecule has 13 heteroatoms. The molecule has 1 aromatic heterocycles. The summed E-state index contributed by atoms with van der Waals surface area (Å²) in [6.07, 6.45) is 1.35. The molecule has 1 saturated heterocycles. The van der Waals surface area contributed by atoms with Crippen LogP contribution in [0.1, 0.15) is 44.9 Å². The van der Waals surface area contributed by atoms with Gasteiger partial charge in [-0.2, -0.15) is 0 Å². The molecule has 0 unspecified atom stereocenters. The van der Waals surface area contributed by atoms with Gasteiger partial charge < -0.3 is 9.84 Å². The lowest BCUT2D eigenvalue weighted by Gasteiger charge is -2.32. The van der Waals surface area contributed by atoms with E-state index in [9.17, 15) is 27.1 Å². The van der Waals surface area contributed by atoms with Gasteiger partial charge in [0, 0.05) is 23.9 Å². The lowest BCUT2D eigenvalue weighted by molar-refractivity contribution is -0.0216. The Hall–Kier alpha value is -1.63. The first kappa shape index (κ1) is 24.5. The second-order valence-electron chi connectivity index (χ2n) is 9.03. The van der Waals surface area contributed by atoms with Crippen LogP contribution in [0.4, 0.5) is 13.6 Å². The Labute approximate surface area is 195 Å². The number of nitrogens with one attached hydrogen (secondary N) is 1. The third-order valence-corrected chi connectivity index (χ3v) is 8.77. The lowest BCUT2D eigenvalue weighted by atomic mass is 9.86. The van der Waals surface area contributed by atoms with Crippen LogP contribution in [0.3, 0.4) is 0 Å². The van der Waals surface area contributed by atoms with Gasteiger partial charge in [0.25, 0.3) is 6.43 Å². The van der Waals surface area contributed by atoms with Crippen LogP contribution in [-0.2, 0) is 20.2 Å². The zero-order chi connectivity index (χ0) is 24.0. The first-order valence-corrected chi connectivity index (χ1v) is 13.0. The molecule has 3 aliphatic rings. The Morgan fingerprint density at radius 3 is 2.67 bits per heavy atom. The van der Waals surface area contributed by atoms with Crippen LogP contribution in [0.2, 0.25) is 5.02 Å². The van der Waals surface area contributed by atoms with E-state index in [0.717, 1.165) is 25.1 Å². The van der Waals surface area contributed by atoms with Crippen molar-refractivity contribution in [2.45, 2.75) is 75.1 Å². The summed E-state index contributed by atoms with van der Waals surface area (Å²) in [5, 5.41) is 10.0. The topological polar surface area (TPSA) is 122 Å². The van der Waals surface area contributed by atoms with Crippen LogP contribution in [0, 0.1) is 5.92 Å². The van der Waals surface area contributed by atoms with Gasteiger partial charge in [0.15, 0.2) is 0 Å². The highest BCUT2D eigenvalue weighted by molar-refractivity contribution is 7.89. The zero-order valence-electron chi connectivity index (χ0n) is 18.0. The highest BCUT2D eigenvalue weighted by Crippen LogP contribution is 2.61. The van der Waals surface area contributed by atoms with E-state index in [-0.39, 0.29) is 30.3 Å². The van der Waals surface area contributed by atoms with Crippen LogP contribution in [0.15, 0.2) is 12.4 Å². The molecule has 0 bridgehead atoms. The molecule has 184 valence electrons. The molecular formula is C20H27ClF2N4O5S. The molecule has 9 nitrogen and oxygen atoms in total. The maximum atomic E-state index is 13.5. The van der Waals surface area contributed by atoms with E-state index < -0.39 is 40.7 Å². The fraction of sp³-hybridized carbons (Fsp3) is 0.750. The van der Waals surface area contributed by atoms with Crippen LogP contribution in [0.5, 0.6) is 0 Å². The van der Waals surface area contributed by atoms with Gasteiger partial charge in [-0.05, 0) is 44.9 Å². The van der Waals surface area contributed by atoms with E-state index in [4.69, 9.17) is 16.3 Å². The number of hydrogen-bond donors (Lipinski definition) is 2. The molecule has 0 radical (unpaired) electrons. The van der Waals surface area contributed by atoms with E-state index in [2.05, 4.69) is 14.7 Å². The van der Waals surface area contributed by atoms with Crippen molar-refractivity contribution in [3.05, 3.63) is 23.2 Å². The van der Waals surface area contributed by atoms with Gasteiger partial charge in [0.2, 0.25) is 10.0 Å². The van der Waals surface area contributed by atoms with Crippen molar-refractivity contribution >= 4 is 27.7 Å². The average Bonchev–Trinajstić information content (AvgIpc) is 3.39. The Kier molecular flexibility index (Phi) is 6.83. The van der Waals surface area contributed by atoms with Crippen LogP contribution >= 0.6 is 11.6 Å². The van der Waals surface area contributed by atoms with Crippen molar-refractivity contribution in [2.75, 3.05) is 12.4 Å². The number of halogens is 3. The van der Waals surface area contributed by atoms with Gasteiger partial charge in [-0.1, -0.05) is 11.6 Å². The number of carbonyl (C=O) groups is 1. The second kappa shape index (κ2) is 9.20. The number of likely N-dealkylation sites (tertiary alicyclic amines) is 1. The number of rotatable bonds is 8. The molecule has 1 amide bonds. The number of fused-ring (bicyclic) bond motifs is 1. The maximum absolute atomic E-state index is 13.5. The molecule has 3 fully saturated rings. The fourth-order valence-corrected chi connectivity index (χ4v) is 6.29. The molecule has 2 N–H and O–H groups in total. The highest BCUT2D eigenvalue weighted by Gasteiger charge is 2.60. The van der Waals surface area contributed by atoms with Crippen molar-refractivity contribution in [2.24, 2.45) is 5.92 Å². The molecule has 1 aliphatic heterocycles. The number of ether oxygens (including phenoxy) is 1. The summed E-state index contributed by atoms with van der Waals surface area (Å²) in [5.74, 6) is 0.847. The SMILES string of the molecule is CCS(=O)(=O)N[C@H]1C[C@@H](C(F)F)N(C(=O)O)[C@H]1CO[C@H]1CC[C@@]2(c3ncc(Cl)cn3)C[C@H]2C1. The van der Waals surface area contributed by atoms with Crippen molar-refractivity contribution in [1.82, 2.24) is 19.6 Å². The standard InChI is InChI=1S/C20H27ClF2N4O5S/c1-2-33(30,31)26-14-6-15(17(22)23)27(19(28)29)16(14)10-32-13-3-4-20(7-11(20)5-13)18-24-8-12(21)9-25-18/h8-9,11,13-17,26H,2-7,10H2,1H3,(H,28,29)/t11-,13+,14+,15+,16+,20-/m1/s1. The maximum Gasteiger partial charge on any atom is 0.408 e. The minimum Gasteiger partial charge on any atom is -0.465 e. The average molecular weight is 509 g/mol. The minimum absolute atomic E-state index is 0.0923. The summed E-state index contributed by atoms with van der Waals surface area (Å²) in [4.78, 5) is 21.2. The summed E-state index contributed by atoms with van der Waals surface area (Å²) in [7, 11) is -3.71. The monoisotopic (exact) mass is 508 g/mol. The minimum atomic E-state index is -3.71. The molecule has 0 aromatic carbocycles. The largest absolute Gasteiger partial charge is 0.465 e. The Balaban J connectivity index is 1.42. The number of nitrogens with zero attached hydrogens (tertiary/aromatic N) is 3. The predicted molar refractivity (Wildman–Crippen MR) is 115 cm³/mol. The molecule has 2 saturated carbocycles. The summed E-state index contributed by atoms with van der Waals surface area (Å²) in [6.45, 7) is 1.27. The van der Waals surface area contributed by atoms with Gasteiger partial charge in [-0.15, -0.1) is 0 Å². The van der Waals surface area contributed by atoms with Gasteiger partial charge >= 0.3 is 6.09 Å². The van der Waals surface area contributed by atoms with Crippen LogP contribution < -0.4 is 4.72 Å². The number of hydrogen-bond acceptors (Lipinski definition) is 6.